The molecule has 0 spiro atoms. The molecule has 0 aliphatic heterocycles. The first kappa shape index (κ1) is 17.0. The van der Waals surface area contributed by atoms with E-state index in [2.05, 4.69) is 20.1 Å². The van der Waals surface area contributed by atoms with Crippen LogP contribution in [0.2, 0.25) is 0 Å². The lowest BCUT2D eigenvalue weighted by molar-refractivity contribution is 0.585. The molecule has 0 fully saturated rings. The van der Waals surface area contributed by atoms with E-state index in [4.69, 9.17) is 0 Å². The van der Waals surface area contributed by atoms with Crippen molar-refractivity contribution >= 4 is 17.9 Å². The van der Waals surface area contributed by atoms with Gasteiger partial charge in [-0.15, -0.1) is 5.10 Å². The lowest BCUT2D eigenvalue weighted by Gasteiger charge is -1.98. The van der Waals surface area contributed by atoms with Crippen molar-refractivity contribution in [1.82, 2.24) is 29.1 Å². The van der Waals surface area contributed by atoms with Crippen LogP contribution in [0, 0.1) is 25.5 Å². The quantitative estimate of drug-likeness (QED) is 0.556. The lowest BCUT2D eigenvalue weighted by atomic mass is 10.1. The van der Waals surface area contributed by atoms with Crippen LogP contribution < -0.4 is 0 Å². The van der Waals surface area contributed by atoms with Crippen LogP contribution in [0.1, 0.15) is 23.0 Å². The van der Waals surface area contributed by atoms with Crippen molar-refractivity contribution in [2.24, 2.45) is 7.05 Å². The van der Waals surface area contributed by atoms with Gasteiger partial charge in [0.2, 0.25) is 0 Å². The van der Waals surface area contributed by atoms with Crippen LogP contribution in [0.4, 0.5) is 8.78 Å². The lowest BCUT2D eigenvalue weighted by Crippen LogP contribution is -1.97. The van der Waals surface area contributed by atoms with Crippen LogP contribution in [0.5, 0.6) is 0 Å². The van der Waals surface area contributed by atoms with E-state index in [1.807, 2.05) is 19.9 Å². The molecule has 0 radical (unpaired) electrons. The first-order valence-corrected chi connectivity index (χ1v) is 8.28. The molecule has 4 rings (SSSR count). The van der Waals surface area contributed by atoms with Gasteiger partial charge in [-0.05, 0) is 44.2 Å². The van der Waals surface area contributed by atoms with E-state index >= 15 is 0 Å². The zero-order valence-electron chi connectivity index (χ0n) is 15.0. The maximum atomic E-state index is 14.0. The second kappa shape index (κ2) is 6.39. The Labute approximate surface area is 153 Å². The summed E-state index contributed by atoms with van der Waals surface area (Å²) >= 11 is 0. The highest BCUT2D eigenvalue weighted by atomic mass is 19.1. The standard InChI is InChI=1S/C19H16F2N6/c1-11-8-12(2)27-19(22-11)24-17(25-27)6-7-18-23-16(10-26(18)3)14-5-4-13(20)9-15(14)21/h4-10H,1-3H3. The van der Waals surface area contributed by atoms with Gasteiger partial charge in [0, 0.05) is 36.3 Å². The van der Waals surface area contributed by atoms with Crippen LogP contribution in [0.25, 0.3) is 29.2 Å². The molecule has 3 aromatic heterocycles. The fraction of sp³-hybridized carbons (Fsp3) is 0.158. The van der Waals surface area contributed by atoms with E-state index in [9.17, 15) is 8.78 Å². The van der Waals surface area contributed by atoms with Gasteiger partial charge in [-0.2, -0.15) is 4.98 Å². The van der Waals surface area contributed by atoms with Gasteiger partial charge < -0.3 is 4.57 Å². The average molecular weight is 366 g/mol. The van der Waals surface area contributed by atoms with E-state index in [0.717, 1.165) is 17.5 Å². The Morgan fingerprint density at radius 1 is 1.00 bits per heavy atom. The van der Waals surface area contributed by atoms with Crippen molar-refractivity contribution in [2.45, 2.75) is 13.8 Å². The summed E-state index contributed by atoms with van der Waals surface area (Å²) in [5.74, 6) is 0.343. The Hall–Kier alpha value is -3.42. The summed E-state index contributed by atoms with van der Waals surface area (Å²) in [4.78, 5) is 13.1. The summed E-state index contributed by atoms with van der Waals surface area (Å²) in [5.41, 5.74) is 2.48. The summed E-state index contributed by atoms with van der Waals surface area (Å²) in [7, 11) is 1.80. The molecule has 6 nitrogen and oxygen atoms in total. The van der Waals surface area contributed by atoms with E-state index in [-0.39, 0.29) is 5.56 Å². The number of imidazole rings is 1. The third kappa shape index (κ3) is 3.21. The van der Waals surface area contributed by atoms with Crippen LogP contribution in [-0.4, -0.2) is 29.1 Å². The molecule has 1 aromatic carbocycles. The Bertz CT molecular complexity index is 1190. The smallest absolute Gasteiger partial charge is 0.253 e. The maximum Gasteiger partial charge on any atom is 0.253 e. The molecule has 27 heavy (non-hydrogen) atoms. The van der Waals surface area contributed by atoms with Gasteiger partial charge in [-0.1, -0.05) is 0 Å². The van der Waals surface area contributed by atoms with Crippen molar-refractivity contribution in [3.05, 3.63) is 65.1 Å². The molecule has 8 heteroatoms. The summed E-state index contributed by atoms with van der Waals surface area (Å²) < 4.78 is 30.5. The normalized spacial score (nSPS) is 11.7. The molecular formula is C19H16F2N6. The Morgan fingerprint density at radius 2 is 1.81 bits per heavy atom. The van der Waals surface area contributed by atoms with Crippen molar-refractivity contribution in [3.8, 4) is 11.3 Å². The molecule has 0 aliphatic carbocycles. The third-order valence-electron chi connectivity index (χ3n) is 4.14. The fourth-order valence-electron chi connectivity index (χ4n) is 2.86. The number of hydrogen-bond donors (Lipinski definition) is 0. The minimum atomic E-state index is -0.650. The molecular weight excluding hydrogens is 350 g/mol. The number of aryl methyl sites for hydroxylation is 3. The molecule has 0 bridgehead atoms. The van der Waals surface area contributed by atoms with Gasteiger partial charge in [0.25, 0.3) is 5.78 Å². The van der Waals surface area contributed by atoms with E-state index < -0.39 is 11.6 Å². The number of fused-ring (bicyclic) bond motifs is 1. The number of benzene rings is 1. The fourth-order valence-corrected chi connectivity index (χ4v) is 2.86. The summed E-state index contributed by atoms with van der Waals surface area (Å²) in [5, 5.41) is 4.40. The van der Waals surface area contributed by atoms with Gasteiger partial charge in [0.05, 0.1) is 5.69 Å². The highest BCUT2D eigenvalue weighted by Gasteiger charge is 2.11. The molecule has 0 N–H and O–H groups in total. The molecule has 0 atom stereocenters. The van der Waals surface area contributed by atoms with E-state index in [1.54, 1.807) is 34.5 Å². The molecule has 0 saturated heterocycles. The molecule has 3 heterocycles. The number of rotatable bonds is 3. The Morgan fingerprint density at radius 3 is 2.59 bits per heavy atom. The zero-order valence-corrected chi connectivity index (χ0v) is 15.0. The summed E-state index contributed by atoms with van der Waals surface area (Å²) in [6, 6.07) is 5.36. The number of aromatic nitrogens is 6. The van der Waals surface area contributed by atoms with Crippen LogP contribution in [0.3, 0.4) is 0 Å². The molecule has 136 valence electrons. The van der Waals surface area contributed by atoms with Crippen LogP contribution in [-0.2, 0) is 7.05 Å². The highest BCUT2D eigenvalue weighted by Crippen LogP contribution is 2.23. The Kier molecular flexibility index (Phi) is 4.02. The van der Waals surface area contributed by atoms with Crippen molar-refractivity contribution < 1.29 is 8.78 Å². The van der Waals surface area contributed by atoms with Crippen LogP contribution >= 0.6 is 0 Å². The topological polar surface area (TPSA) is 60.9 Å². The second-order valence-electron chi connectivity index (χ2n) is 6.27. The van der Waals surface area contributed by atoms with Crippen molar-refractivity contribution in [3.63, 3.8) is 0 Å². The minimum absolute atomic E-state index is 0.243. The highest BCUT2D eigenvalue weighted by molar-refractivity contribution is 5.67. The molecule has 4 aromatic rings. The van der Waals surface area contributed by atoms with Gasteiger partial charge in [0.1, 0.15) is 17.5 Å². The van der Waals surface area contributed by atoms with Crippen molar-refractivity contribution in [1.29, 1.82) is 0 Å². The predicted molar refractivity (Wildman–Crippen MR) is 97.7 cm³/mol. The third-order valence-corrected chi connectivity index (χ3v) is 4.14. The number of halogens is 2. The number of hydrogen-bond acceptors (Lipinski definition) is 4. The largest absolute Gasteiger partial charge is 0.334 e. The maximum absolute atomic E-state index is 14.0. The van der Waals surface area contributed by atoms with Gasteiger partial charge in [0.15, 0.2) is 5.82 Å². The monoisotopic (exact) mass is 366 g/mol. The van der Waals surface area contributed by atoms with Gasteiger partial charge in [-0.3, -0.25) is 0 Å². The molecule has 0 amide bonds. The van der Waals surface area contributed by atoms with Crippen molar-refractivity contribution in [2.75, 3.05) is 0 Å². The SMILES string of the molecule is Cc1cc(C)n2nc(C=Cc3nc(-c4ccc(F)cc4F)cn3C)nc2n1. The number of nitrogens with zero attached hydrogens (tertiary/aromatic N) is 6. The van der Waals surface area contributed by atoms with Gasteiger partial charge in [-0.25, -0.2) is 23.3 Å². The van der Waals surface area contributed by atoms with Gasteiger partial charge >= 0.3 is 0 Å². The first-order chi connectivity index (χ1) is 12.9. The summed E-state index contributed by atoms with van der Waals surface area (Å²) in [6.07, 6.45) is 5.14. The van der Waals surface area contributed by atoms with Crippen LogP contribution in [0.15, 0.2) is 30.5 Å². The Balaban J connectivity index is 1.67. The second-order valence-corrected chi connectivity index (χ2v) is 6.27. The first-order valence-electron chi connectivity index (χ1n) is 8.28. The average Bonchev–Trinajstić information content (AvgIpc) is 3.16. The van der Waals surface area contributed by atoms with E-state index in [0.29, 0.717) is 23.1 Å². The zero-order chi connectivity index (χ0) is 19.1. The predicted octanol–water partition coefficient (Wildman–Crippen LogP) is 3.59. The molecule has 0 unspecified atom stereocenters. The molecule has 0 saturated carbocycles. The van der Waals surface area contributed by atoms with E-state index in [1.165, 1.54) is 12.1 Å². The molecule has 0 aliphatic rings. The summed E-state index contributed by atoms with van der Waals surface area (Å²) in [6.45, 7) is 3.84. The minimum Gasteiger partial charge on any atom is -0.334 e.